The molecule has 0 spiro atoms. The monoisotopic (exact) mass is 468 g/mol. The molecule has 0 radical (unpaired) electrons. The number of fused-ring (bicyclic) bond motifs is 1. The summed E-state index contributed by atoms with van der Waals surface area (Å²) < 4.78 is 33.1. The van der Waals surface area contributed by atoms with Gasteiger partial charge in [0.05, 0.1) is 23.3 Å². The van der Waals surface area contributed by atoms with E-state index >= 15 is 0 Å². The molecule has 4 rings (SSSR count). The zero-order valence-corrected chi connectivity index (χ0v) is 19.5. The second-order valence-corrected chi connectivity index (χ2v) is 10.1. The number of amides is 1. The molecule has 1 aliphatic heterocycles. The molecule has 8 heteroatoms. The van der Waals surface area contributed by atoms with Crippen LogP contribution in [0, 0.1) is 0 Å². The number of carbonyl (C=O) groups is 1. The number of methoxy groups -OCH3 is 1. The van der Waals surface area contributed by atoms with Crippen molar-refractivity contribution < 1.29 is 17.9 Å². The van der Waals surface area contributed by atoms with Gasteiger partial charge in [-0.25, -0.2) is 8.42 Å². The van der Waals surface area contributed by atoms with E-state index in [9.17, 15) is 13.2 Å². The van der Waals surface area contributed by atoms with Crippen LogP contribution in [0.2, 0.25) is 0 Å². The minimum absolute atomic E-state index is 0.187. The van der Waals surface area contributed by atoms with Crippen LogP contribution >= 0.6 is 11.8 Å². The number of nitrogens with zero attached hydrogens (tertiary/aromatic N) is 1. The molecule has 166 valence electrons. The summed E-state index contributed by atoms with van der Waals surface area (Å²) in [5.74, 6) is 0.417. The Morgan fingerprint density at radius 3 is 2.53 bits per heavy atom. The molecule has 1 aliphatic rings. The van der Waals surface area contributed by atoms with Gasteiger partial charge in [0.25, 0.3) is 15.9 Å². The van der Waals surface area contributed by atoms with Crippen molar-refractivity contribution >= 4 is 39.1 Å². The van der Waals surface area contributed by atoms with Crippen molar-refractivity contribution in [3.05, 3.63) is 77.9 Å². The van der Waals surface area contributed by atoms with Crippen molar-refractivity contribution in [2.45, 2.75) is 22.6 Å². The molecule has 6 nitrogen and oxygen atoms in total. The van der Waals surface area contributed by atoms with E-state index in [1.165, 1.54) is 16.1 Å². The van der Waals surface area contributed by atoms with Crippen LogP contribution < -0.4 is 14.4 Å². The molecule has 0 aromatic heterocycles. The summed E-state index contributed by atoms with van der Waals surface area (Å²) in [4.78, 5) is 13.9. The van der Waals surface area contributed by atoms with E-state index in [0.29, 0.717) is 35.7 Å². The first-order valence-electron chi connectivity index (χ1n) is 10.2. The van der Waals surface area contributed by atoms with E-state index in [2.05, 4.69) is 5.32 Å². The van der Waals surface area contributed by atoms with Crippen molar-refractivity contribution in [1.82, 2.24) is 0 Å². The fourth-order valence-electron chi connectivity index (χ4n) is 3.80. The minimum Gasteiger partial charge on any atom is -0.497 e. The second-order valence-electron chi connectivity index (χ2n) is 7.35. The Bertz CT molecular complexity index is 1240. The Morgan fingerprint density at radius 1 is 1.06 bits per heavy atom. The summed E-state index contributed by atoms with van der Waals surface area (Å²) in [7, 11) is -2.16. The molecule has 3 aromatic carbocycles. The topological polar surface area (TPSA) is 75.7 Å². The number of hydrogen-bond donors (Lipinski definition) is 1. The zero-order valence-electron chi connectivity index (χ0n) is 17.9. The standard InChI is InChI=1S/C24H24N2O4S2/c1-30-19-10-12-20(13-11-19)32(28,29)26-15-5-6-17-16-18(9-14-22(17)26)25-24(27)21-7-3-4-8-23(21)31-2/h3-4,7-14,16H,5-6,15H2,1-2H3,(H,25,27). The Balaban J connectivity index is 1.60. The number of hydrogen-bond acceptors (Lipinski definition) is 5. The Hall–Kier alpha value is -2.97. The molecule has 32 heavy (non-hydrogen) atoms. The van der Waals surface area contributed by atoms with Gasteiger partial charge in [-0.15, -0.1) is 11.8 Å². The van der Waals surface area contributed by atoms with Crippen LogP contribution in [0.3, 0.4) is 0 Å². The van der Waals surface area contributed by atoms with Gasteiger partial charge in [-0.3, -0.25) is 9.10 Å². The van der Waals surface area contributed by atoms with E-state index < -0.39 is 10.0 Å². The number of aryl methyl sites for hydroxylation is 1. The lowest BCUT2D eigenvalue weighted by molar-refractivity contribution is 0.102. The van der Waals surface area contributed by atoms with Crippen LogP contribution in [-0.2, 0) is 16.4 Å². The fourth-order valence-corrected chi connectivity index (χ4v) is 5.93. The minimum atomic E-state index is -3.70. The van der Waals surface area contributed by atoms with Gasteiger partial charge in [0.2, 0.25) is 0 Å². The quantitative estimate of drug-likeness (QED) is 0.526. The summed E-state index contributed by atoms with van der Waals surface area (Å²) in [6.45, 7) is 0.411. The Labute approximate surface area is 192 Å². The molecule has 1 N–H and O–H groups in total. The molecule has 0 saturated heterocycles. The van der Waals surface area contributed by atoms with Crippen molar-refractivity contribution in [3.63, 3.8) is 0 Å². The normalized spacial score (nSPS) is 13.4. The smallest absolute Gasteiger partial charge is 0.264 e. The van der Waals surface area contributed by atoms with Crippen LogP contribution in [0.4, 0.5) is 11.4 Å². The lowest BCUT2D eigenvalue weighted by atomic mass is 10.0. The highest BCUT2D eigenvalue weighted by molar-refractivity contribution is 7.98. The average molecular weight is 469 g/mol. The maximum atomic E-state index is 13.3. The van der Waals surface area contributed by atoms with Crippen LogP contribution in [0.15, 0.2) is 76.5 Å². The Kier molecular flexibility index (Phi) is 6.43. The van der Waals surface area contributed by atoms with E-state index in [1.807, 2.05) is 30.5 Å². The van der Waals surface area contributed by atoms with E-state index in [-0.39, 0.29) is 10.8 Å². The lowest BCUT2D eigenvalue weighted by Crippen LogP contribution is -2.35. The number of benzene rings is 3. The van der Waals surface area contributed by atoms with Gasteiger partial charge in [-0.2, -0.15) is 0 Å². The third-order valence-corrected chi connectivity index (χ3v) is 8.04. The molecular formula is C24H24N2O4S2. The van der Waals surface area contributed by atoms with Crippen molar-refractivity contribution in [1.29, 1.82) is 0 Å². The first-order chi connectivity index (χ1) is 15.4. The number of rotatable bonds is 6. The highest BCUT2D eigenvalue weighted by atomic mass is 32.2. The predicted molar refractivity (Wildman–Crippen MR) is 128 cm³/mol. The van der Waals surface area contributed by atoms with Gasteiger partial charge in [-0.05, 0) is 79.3 Å². The maximum Gasteiger partial charge on any atom is 0.264 e. The molecule has 0 fully saturated rings. The van der Waals surface area contributed by atoms with E-state index in [1.54, 1.807) is 49.6 Å². The average Bonchev–Trinajstić information content (AvgIpc) is 2.83. The van der Waals surface area contributed by atoms with Gasteiger partial charge < -0.3 is 10.1 Å². The van der Waals surface area contributed by atoms with Gasteiger partial charge in [0.15, 0.2) is 0 Å². The van der Waals surface area contributed by atoms with E-state index in [4.69, 9.17) is 4.74 Å². The number of nitrogens with one attached hydrogen (secondary N) is 1. The summed E-state index contributed by atoms with van der Waals surface area (Å²) >= 11 is 1.52. The molecule has 1 heterocycles. The summed E-state index contributed by atoms with van der Waals surface area (Å²) in [6.07, 6.45) is 3.38. The molecule has 0 atom stereocenters. The van der Waals surface area contributed by atoms with Crippen molar-refractivity contribution in [2.24, 2.45) is 0 Å². The molecule has 0 saturated carbocycles. The van der Waals surface area contributed by atoms with Crippen molar-refractivity contribution in [3.8, 4) is 5.75 Å². The molecular weight excluding hydrogens is 444 g/mol. The second kappa shape index (κ2) is 9.26. The zero-order chi connectivity index (χ0) is 22.7. The van der Waals surface area contributed by atoms with Crippen LogP contribution in [0.25, 0.3) is 0 Å². The van der Waals surface area contributed by atoms with Crippen LogP contribution in [-0.4, -0.2) is 34.2 Å². The summed E-state index contributed by atoms with van der Waals surface area (Å²) in [5.41, 5.74) is 2.80. The lowest BCUT2D eigenvalue weighted by Gasteiger charge is -2.31. The maximum absolute atomic E-state index is 13.3. The number of ether oxygens (including phenoxy) is 1. The summed E-state index contributed by atoms with van der Waals surface area (Å²) in [5, 5.41) is 2.95. The molecule has 0 aliphatic carbocycles. The number of carbonyl (C=O) groups excluding carboxylic acids is 1. The molecule has 1 amide bonds. The highest BCUT2D eigenvalue weighted by Gasteiger charge is 2.29. The fraction of sp³-hybridized carbons (Fsp3) is 0.208. The van der Waals surface area contributed by atoms with Gasteiger partial charge >= 0.3 is 0 Å². The van der Waals surface area contributed by atoms with Crippen molar-refractivity contribution in [2.75, 3.05) is 29.5 Å². The highest BCUT2D eigenvalue weighted by Crippen LogP contribution is 2.34. The van der Waals surface area contributed by atoms with Gasteiger partial charge in [0.1, 0.15) is 5.75 Å². The molecule has 0 bridgehead atoms. The Morgan fingerprint density at radius 2 is 1.81 bits per heavy atom. The van der Waals surface area contributed by atoms with Crippen LogP contribution in [0.1, 0.15) is 22.3 Å². The van der Waals surface area contributed by atoms with Gasteiger partial charge in [0, 0.05) is 17.1 Å². The number of anilines is 2. The predicted octanol–water partition coefficient (Wildman–Crippen LogP) is 4.81. The van der Waals surface area contributed by atoms with Gasteiger partial charge in [-0.1, -0.05) is 12.1 Å². The number of thioether (sulfide) groups is 1. The van der Waals surface area contributed by atoms with E-state index in [0.717, 1.165) is 16.9 Å². The van der Waals surface area contributed by atoms with Crippen LogP contribution in [0.5, 0.6) is 5.75 Å². The number of sulfonamides is 1. The first kappa shape index (κ1) is 22.2. The largest absolute Gasteiger partial charge is 0.497 e. The molecule has 3 aromatic rings. The molecule has 0 unspecified atom stereocenters. The third-order valence-electron chi connectivity index (χ3n) is 5.41. The SMILES string of the molecule is COc1ccc(S(=O)(=O)N2CCCc3cc(NC(=O)c4ccccc4SC)ccc32)cc1. The summed E-state index contributed by atoms with van der Waals surface area (Å²) in [6, 6.07) is 19.2. The third kappa shape index (κ3) is 4.33. The first-order valence-corrected chi connectivity index (χ1v) is 12.8.